The average Bonchev–Trinajstić information content (AvgIpc) is 2.34. The molecule has 0 fully saturated rings. The number of hydrogen-bond donors (Lipinski definition) is 1. The highest BCUT2D eigenvalue weighted by Gasteiger charge is 1.89. The molecule has 0 aromatic heterocycles. The second kappa shape index (κ2) is 9.17. The van der Waals surface area contributed by atoms with Crippen LogP contribution in [0.15, 0.2) is 42.5 Å². The van der Waals surface area contributed by atoms with E-state index in [0.29, 0.717) is 0 Å². The Morgan fingerprint density at radius 3 is 2.25 bits per heavy atom. The van der Waals surface area contributed by atoms with Gasteiger partial charge in [0.05, 0.1) is 0 Å². The Morgan fingerprint density at radius 2 is 1.56 bits per heavy atom. The zero-order chi connectivity index (χ0) is 11.5. The van der Waals surface area contributed by atoms with Gasteiger partial charge in [-0.2, -0.15) is 0 Å². The van der Waals surface area contributed by atoms with Crippen molar-refractivity contribution in [2.45, 2.75) is 38.5 Å². The molecule has 0 radical (unpaired) electrons. The van der Waals surface area contributed by atoms with Crippen molar-refractivity contribution in [2.24, 2.45) is 5.73 Å². The van der Waals surface area contributed by atoms with Gasteiger partial charge in [0.25, 0.3) is 0 Å². The Morgan fingerprint density at radius 1 is 0.875 bits per heavy atom. The predicted octanol–water partition coefficient (Wildman–Crippen LogP) is 3.69. The lowest BCUT2D eigenvalue weighted by atomic mass is 10.1. The minimum absolute atomic E-state index is 0.821. The summed E-state index contributed by atoms with van der Waals surface area (Å²) in [6.07, 6.45) is 11.8. The van der Waals surface area contributed by atoms with Crippen LogP contribution in [0.25, 0.3) is 0 Å². The lowest BCUT2D eigenvalue weighted by Crippen LogP contribution is -1.96. The normalized spacial score (nSPS) is 11.1. The molecule has 0 atom stereocenters. The van der Waals surface area contributed by atoms with Gasteiger partial charge in [0.1, 0.15) is 0 Å². The van der Waals surface area contributed by atoms with Gasteiger partial charge >= 0.3 is 0 Å². The van der Waals surface area contributed by atoms with Gasteiger partial charge in [-0.15, -0.1) is 0 Å². The van der Waals surface area contributed by atoms with Crippen molar-refractivity contribution in [1.82, 2.24) is 0 Å². The molecule has 0 heterocycles. The van der Waals surface area contributed by atoms with Gasteiger partial charge in [-0.05, 0) is 50.6 Å². The average molecular weight is 217 g/mol. The molecule has 0 aliphatic rings. The van der Waals surface area contributed by atoms with Crippen LogP contribution in [0.5, 0.6) is 0 Å². The molecule has 1 heteroatoms. The van der Waals surface area contributed by atoms with Gasteiger partial charge < -0.3 is 5.73 Å². The van der Waals surface area contributed by atoms with E-state index >= 15 is 0 Å². The number of nitrogens with two attached hydrogens (primary N) is 1. The van der Waals surface area contributed by atoms with Gasteiger partial charge in [0, 0.05) is 0 Å². The maximum absolute atomic E-state index is 5.43. The van der Waals surface area contributed by atoms with E-state index in [1.165, 1.54) is 37.7 Å². The summed E-state index contributed by atoms with van der Waals surface area (Å²) >= 11 is 0. The van der Waals surface area contributed by atoms with Gasteiger partial charge in [-0.3, -0.25) is 0 Å². The van der Waals surface area contributed by atoms with Crippen LogP contribution in [0.4, 0.5) is 0 Å². The molecule has 88 valence electrons. The fraction of sp³-hybridized carbons (Fsp3) is 0.467. The van der Waals surface area contributed by atoms with Crippen LogP contribution in [-0.2, 0) is 6.42 Å². The van der Waals surface area contributed by atoms with Crippen LogP contribution >= 0.6 is 0 Å². The number of benzene rings is 1. The summed E-state index contributed by atoms with van der Waals surface area (Å²) in [7, 11) is 0. The van der Waals surface area contributed by atoms with E-state index in [0.717, 1.165) is 13.0 Å². The molecule has 16 heavy (non-hydrogen) atoms. The monoisotopic (exact) mass is 217 g/mol. The molecule has 1 rings (SSSR count). The Hall–Kier alpha value is -1.08. The van der Waals surface area contributed by atoms with E-state index in [-0.39, 0.29) is 0 Å². The summed E-state index contributed by atoms with van der Waals surface area (Å²) < 4.78 is 0. The lowest BCUT2D eigenvalue weighted by molar-refractivity contribution is 0.754. The van der Waals surface area contributed by atoms with Crippen molar-refractivity contribution < 1.29 is 0 Å². The Balaban J connectivity index is 1.99. The third kappa shape index (κ3) is 6.41. The van der Waals surface area contributed by atoms with Crippen molar-refractivity contribution in [3.63, 3.8) is 0 Å². The first kappa shape index (κ1) is 13.0. The maximum atomic E-state index is 5.43. The zero-order valence-electron chi connectivity index (χ0n) is 10.1. The van der Waals surface area contributed by atoms with Crippen LogP contribution in [-0.4, -0.2) is 6.54 Å². The van der Waals surface area contributed by atoms with Gasteiger partial charge in [0.2, 0.25) is 0 Å². The number of unbranched alkanes of at least 4 members (excludes halogenated alkanes) is 3. The molecule has 0 spiro atoms. The van der Waals surface area contributed by atoms with Crippen molar-refractivity contribution in [2.75, 3.05) is 6.54 Å². The second-order valence-electron chi connectivity index (χ2n) is 4.13. The van der Waals surface area contributed by atoms with Crippen molar-refractivity contribution in [3.05, 3.63) is 48.0 Å². The molecular weight excluding hydrogens is 194 g/mol. The SMILES string of the molecule is NCCCC/C=C/CCCc1ccccc1. The molecule has 0 aliphatic heterocycles. The molecule has 1 aromatic carbocycles. The smallest absolute Gasteiger partial charge is 0.00772 e. The van der Waals surface area contributed by atoms with Crippen LogP contribution in [0.3, 0.4) is 0 Å². The Labute approximate surface area is 99.4 Å². The van der Waals surface area contributed by atoms with Crippen molar-refractivity contribution >= 4 is 0 Å². The molecular formula is C15H23N. The van der Waals surface area contributed by atoms with Gasteiger partial charge in [-0.1, -0.05) is 42.5 Å². The maximum Gasteiger partial charge on any atom is -0.00772 e. The Kier molecular flexibility index (Phi) is 7.44. The van der Waals surface area contributed by atoms with E-state index in [1.54, 1.807) is 0 Å². The minimum atomic E-state index is 0.821. The van der Waals surface area contributed by atoms with Crippen LogP contribution < -0.4 is 5.73 Å². The largest absolute Gasteiger partial charge is 0.330 e. The highest BCUT2D eigenvalue weighted by Crippen LogP contribution is 2.05. The molecule has 0 unspecified atom stereocenters. The quantitative estimate of drug-likeness (QED) is 0.521. The molecule has 2 N–H and O–H groups in total. The number of rotatable bonds is 8. The van der Waals surface area contributed by atoms with E-state index < -0.39 is 0 Å². The predicted molar refractivity (Wildman–Crippen MR) is 71.4 cm³/mol. The molecule has 0 saturated carbocycles. The fourth-order valence-electron chi connectivity index (χ4n) is 1.71. The summed E-state index contributed by atoms with van der Waals surface area (Å²) in [5.74, 6) is 0. The summed E-state index contributed by atoms with van der Waals surface area (Å²) in [5.41, 5.74) is 6.87. The van der Waals surface area contributed by atoms with Crippen LogP contribution in [0, 0.1) is 0 Å². The molecule has 0 bridgehead atoms. The summed E-state index contributed by atoms with van der Waals surface area (Å²) in [6, 6.07) is 10.7. The molecule has 1 nitrogen and oxygen atoms in total. The summed E-state index contributed by atoms with van der Waals surface area (Å²) in [5, 5.41) is 0. The van der Waals surface area contributed by atoms with E-state index in [1.807, 2.05) is 0 Å². The van der Waals surface area contributed by atoms with Gasteiger partial charge in [0.15, 0.2) is 0 Å². The lowest BCUT2D eigenvalue weighted by Gasteiger charge is -1.98. The fourth-order valence-corrected chi connectivity index (χ4v) is 1.71. The first-order valence-electron chi connectivity index (χ1n) is 6.32. The third-order valence-corrected chi connectivity index (χ3v) is 2.67. The number of allylic oxidation sites excluding steroid dienone is 2. The minimum Gasteiger partial charge on any atom is -0.330 e. The van der Waals surface area contributed by atoms with Gasteiger partial charge in [-0.25, -0.2) is 0 Å². The highest BCUT2D eigenvalue weighted by molar-refractivity contribution is 5.14. The first-order valence-corrected chi connectivity index (χ1v) is 6.32. The highest BCUT2D eigenvalue weighted by atomic mass is 14.5. The summed E-state index contributed by atoms with van der Waals surface area (Å²) in [4.78, 5) is 0. The van der Waals surface area contributed by atoms with Crippen LogP contribution in [0.1, 0.15) is 37.7 Å². The second-order valence-corrected chi connectivity index (χ2v) is 4.13. The third-order valence-electron chi connectivity index (χ3n) is 2.67. The number of hydrogen-bond acceptors (Lipinski definition) is 1. The van der Waals surface area contributed by atoms with E-state index in [4.69, 9.17) is 5.73 Å². The van der Waals surface area contributed by atoms with Crippen molar-refractivity contribution in [1.29, 1.82) is 0 Å². The topological polar surface area (TPSA) is 26.0 Å². The summed E-state index contributed by atoms with van der Waals surface area (Å²) in [6.45, 7) is 0.821. The molecule has 0 amide bonds. The van der Waals surface area contributed by atoms with Crippen LogP contribution in [0.2, 0.25) is 0 Å². The Bertz CT molecular complexity index is 277. The number of aryl methyl sites for hydroxylation is 1. The zero-order valence-corrected chi connectivity index (χ0v) is 10.1. The first-order chi connectivity index (χ1) is 7.93. The van der Waals surface area contributed by atoms with E-state index in [2.05, 4.69) is 42.5 Å². The standard InChI is InChI=1S/C15H23N/c16-14-10-5-3-1-2-4-7-11-15-12-8-6-9-13-15/h1-2,6,8-9,12-13H,3-5,7,10-11,14,16H2/b2-1+. The molecule has 0 saturated heterocycles. The van der Waals surface area contributed by atoms with E-state index in [9.17, 15) is 0 Å². The molecule has 0 aliphatic carbocycles. The van der Waals surface area contributed by atoms with Crippen molar-refractivity contribution in [3.8, 4) is 0 Å². The molecule has 1 aromatic rings.